The third-order valence-corrected chi connectivity index (χ3v) is 4.21. The van der Waals surface area contributed by atoms with Gasteiger partial charge in [-0.15, -0.1) is 11.6 Å². The Morgan fingerprint density at radius 3 is 2.24 bits per heavy atom. The van der Waals surface area contributed by atoms with Crippen LogP contribution in [0.5, 0.6) is 0 Å². The molecule has 2 saturated heterocycles. The van der Waals surface area contributed by atoms with Crippen LogP contribution in [-0.4, -0.2) is 53.3 Å². The van der Waals surface area contributed by atoms with Crippen LogP contribution in [0.2, 0.25) is 0 Å². The van der Waals surface area contributed by atoms with Crippen LogP contribution in [0, 0.1) is 0 Å². The van der Waals surface area contributed by atoms with Gasteiger partial charge < -0.3 is 9.80 Å². The molecule has 3 nitrogen and oxygen atoms in total. The summed E-state index contributed by atoms with van der Waals surface area (Å²) >= 11 is 5.85. The first-order valence-electron chi connectivity index (χ1n) is 6.85. The summed E-state index contributed by atoms with van der Waals surface area (Å²) in [6.07, 6.45) is 6.32. The molecule has 1 atom stereocenters. The van der Waals surface area contributed by atoms with Crippen LogP contribution in [0.15, 0.2) is 0 Å². The van der Waals surface area contributed by atoms with E-state index in [0.717, 1.165) is 25.9 Å². The highest BCUT2D eigenvalue weighted by molar-refractivity contribution is 6.30. The first kappa shape index (κ1) is 13.2. The van der Waals surface area contributed by atoms with Crippen LogP contribution in [0.1, 0.15) is 39.0 Å². The first-order valence-corrected chi connectivity index (χ1v) is 7.29. The van der Waals surface area contributed by atoms with E-state index >= 15 is 0 Å². The van der Waals surface area contributed by atoms with E-state index in [1.807, 2.05) is 4.90 Å². The maximum Gasteiger partial charge on any atom is 0.240 e. The summed E-state index contributed by atoms with van der Waals surface area (Å²) in [6, 6.07) is 0.699. The van der Waals surface area contributed by atoms with Crippen LogP contribution in [0.4, 0.5) is 0 Å². The lowest BCUT2D eigenvalue weighted by Gasteiger charge is -2.40. The number of alkyl halides is 1. The van der Waals surface area contributed by atoms with Crippen molar-refractivity contribution in [3.8, 4) is 0 Å². The largest absolute Gasteiger partial charge is 0.341 e. The minimum absolute atomic E-state index is 0.101. The second-order valence-electron chi connectivity index (χ2n) is 5.27. The lowest BCUT2D eigenvalue weighted by molar-refractivity contribution is -0.132. The van der Waals surface area contributed by atoms with Crippen LogP contribution in [0.3, 0.4) is 0 Å². The Morgan fingerprint density at radius 1 is 1.12 bits per heavy atom. The summed E-state index contributed by atoms with van der Waals surface area (Å²) < 4.78 is 0. The molecular weight excluding hydrogens is 236 g/mol. The maximum absolute atomic E-state index is 11.8. The van der Waals surface area contributed by atoms with Crippen molar-refractivity contribution in [2.75, 3.05) is 26.2 Å². The molecule has 2 aliphatic heterocycles. The van der Waals surface area contributed by atoms with Crippen molar-refractivity contribution in [2.45, 2.75) is 50.4 Å². The van der Waals surface area contributed by atoms with Gasteiger partial charge in [-0.1, -0.05) is 6.42 Å². The van der Waals surface area contributed by atoms with E-state index < -0.39 is 0 Å². The molecular formula is C13H23ClN2O. The number of rotatable bonds is 2. The fraction of sp³-hybridized carbons (Fsp3) is 0.923. The molecule has 0 N–H and O–H groups in total. The molecule has 0 aliphatic carbocycles. The maximum atomic E-state index is 11.8. The van der Waals surface area contributed by atoms with Gasteiger partial charge in [-0.2, -0.15) is 0 Å². The zero-order chi connectivity index (χ0) is 12.3. The third kappa shape index (κ3) is 3.35. The van der Waals surface area contributed by atoms with E-state index in [-0.39, 0.29) is 11.3 Å². The van der Waals surface area contributed by atoms with Crippen molar-refractivity contribution in [3.63, 3.8) is 0 Å². The van der Waals surface area contributed by atoms with Gasteiger partial charge in [-0.05, 0) is 45.7 Å². The highest BCUT2D eigenvalue weighted by Crippen LogP contribution is 2.21. The number of carbonyl (C=O) groups is 1. The van der Waals surface area contributed by atoms with Crippen LogP contribution in [-0.2, 0) is 4.79 Å². The van der Waals surface area contributed by atoms with Crippen molar-refractivity contribution in [3.05, 3.63) is 0 Å². The fourth-order valence-electron chi connectivity index (χ4n) is 2.99. The number of piperidine rings is 2. The molecule has 0 aromatic carbocycles. The number of likely N-dealkylation sites (tertiary alicyclic amines) is 2. The summed E-state index contributed by atoms with van der Waals surface area (Å²) in [5.74, 6) is 0.101. The second-order valence-corrected chi connectivity index (χ2v) is 5.92. The van der Waals surface area contributed by atoms with Crippen LogP contribution >= 0.6 is 11.6 Å². The van der Waals surface area contributed by atoms with E-state index in [4.69, 9.17) is 11.6 Å². The summed E-state index contributed by atoms with van der Waals surface area (Å²) in [6.45, 7) is 6.05. The number of carbonyl (C=O) groups excluding carboxylic acids is 1. The van der Waals surface area contributed by atoms with Crippen LogP contribution < -0.4 is 0 Å². The molecule has 0 aromatic rings. The van der Waals surface area contributed by atoms with Gasteiger partial charge in [0.05, 0.1) is 0 Å². The SMILES string of the molecule is C[C@H](Cl)C(=O)N1CCC(N2CCCCC2)CC1. The number of halogens is 1. The summed E-state index contributed by atoms with van der Waals surface area (Å²) in [5, 5.41) is -0.374. The van der Waals surface area contributed by atoms with Crippen molar-refractivity contribution in [1.82, 2.24) is 9.80 Å². The van der Waals surface area contributed by atoms with E-state index in [1.54, 1.807) is 6.92 Å². The van der Waals surface area contributed by atoms with Crippen molar-refractivity contribution in [1.29, 1.82) is 0 Å². The van der Waals surface area contributed by atoms with Crippen molar-refractivity contribution >= 4 is 17.5 Å². The zero-order valence-electron chi connectivity index (χ0n) is 10.7. The normalized spacial score (nSPS) is 25.9. The Hall–Kier alpha value is -0.280. The number of amides is 1. The zero-order valence-corrected chi connectivity index (χ0v) is 11.5. The molecule has 0 aromatic heterocycles. The van der Waals surface area contributed by atoms with Gasteiger partial charge in [0.25, 0.3) is 0 Å². The van der Waals surface area contributed by atoms with Crippen molar-refractivity contribution < 1.29 is 4.79 Å². The number of hydrogen-bond donors (Lipinski definition) is 0. The smallest absolute Gasteiger partial charge is 0.240 e. The Morgan fingerprint density at radius 2 is 1.71 bits per heavy atom. The fourth-order valence-corrected chi connectivity index (χ4v) is 3.12. The molecule has 2 fully saturated rings. The molecule has 17 heavy (non-hydrogen) atoms. The van der Waals surface area contributed by atoms with E-state index in [2.05, 4.69) is 4.90 Å². The molecule has 1 amide bonds. The lowest BCUT2D eigenvalue weighted by atomic mass is 10.00. The molecule has 0 unspecified atom stereocenters. The summed E-state index contributed by atoms with van der Waals surface area (Å²) in [4.78, 5) is 16.3. The molecule has 0 bridgehead atoms. The Labute approximate surface area is 109 Å². The van der Waals surface area contributed by atoms with Gasteiger partial charge in [0.1, 0.15) is 5.38 Å². The molecule has 2 heterocycles. The van der Waals surface area contributed by atoms with E-state index in [1.165, 1.54) is 32.4 Å². The van der Waals surface area contributed by atoms with Crippen molar-refractivity contribution in [2.24, 2.45) is 0 Å². The molecule has 0 spiro atoms. The van der Waals surface area contributed by atoms with Gasteiger partial charge in [0, 0.05) is 19.1 Å². The van der Waals surface area contributed by atoms with Gasteiger partial charge >= 0.3 is 0 Å². The standard InChI is InChI=1S/C13H23ClN2O/c1-11(14)13(17)16-9-5-12(6-10-16)15-7-3-2-4-8-15/h11-12H,2-10H2,1H3/t11-/m0/s1. The topological polar surface area (TPSA) is 23.6 Å². The predicted octanol–water partition coefficient (Wildman–Crippen LogP) is 2.09. The highest BCUT2D eigenvalue weighted by atomic mass is 35.5. The summed E-state index contributed by atoms with van der Waals surface area (Å²) in [5.41, 5.74) is 0. The molecule has 4 heteroatoms. The Kier molecular flexibility index (Phi) is 4.69. The Balaban J connectivity index is 1.79. The molecule has 2 rings (SSSR count). The average Bonchev–Trinajstić information content (AvgIpc) is 2.39. The number of hydrogen-bond acceptors (Lipinski definition) is 2. The average molecular weight is 259 g/mol. The molecule has 0 radical (unpaired) electrons. The minimum Gasteiger partial charge on any atom is -0.341 e. The van der Waals surface area contributed by atoms with Gasteiger partial charge in [0.15, 0.2) is 0 Å². The van der Waals surface area contributed by atoms with Gasteiger partial charge in [0.2, 0.25) is 5.91 Å². The lowest BCUT2D eigenvalue weighted by Crippen LogP contribution is -2.49. The second kappa shape index (κ2) is 6.05. The Bertz CT molecular complexity index is 256. The van der Waals surface area contributed by atoms with Gasteiger partial charge in [-0.25, -0.2) is 0 Å². The van der Waals surface area contributed by atoms with Gasteiger partial charge in [-0.3, -0.25) is 4.79 Å². The first-order chi connectivity index (χ1) is 8.18. The summed E-state index contributed by atoms with van der Waals surface area (Å²) in [7, 11) is 0. The third-order valence-electron chi connectivity index (χ3n) is 4.02. The van der Waals surface area contributed by atoms with Crippen LogP contribution in [0.25, 0.3) is 0 Å². The predicted molar refractivity (Wildman–Crippen MR) is 70.3 cm³/mol. The minimum atomic E-state index is -0.374. The van der Waals surface area contributed by atoms with E-state index in [9.17, 15) is 4.79 Å². The van der Waals surface area contributed by atoms with E-state index in [0.29, 0.717) is 6.04 Å². The quantitative estimate of drug-likeness (QED) is 0.708. The highest BCUT2D eigenvalue weighted by Gasteiger charge is 2.28. The molecule has 98 valence electrons. The molecule has 2 aliphatic rings. The number of nitrogens with zero attached hydrogens (tertiary/aromatic N) is 2. The monoisotopic (exact) mass is 258 g/mol. The molecule has 0 saturated carbocycles.